The number of anilines is 1. The van der Waals surface area contributed by atoms with E-state index in [1.165, 1.54) is 12.1 Å². The molecule has 0 aliphatic heterocycles. The first-order valence-corrected chi connectivity index (χ1v) is 8.45. The number of urea groups is 1. The van der Waals surface area contributed by atoms with Crippen LogP contribution < -0.4 is 10.0 Å². The van der Waals surface area contributed by atoms with Crippen LogP contribution in [-0.2, 0) is 16.4 Å². The van der Waals surface area contributed by atoms with E-state index >= 15 is 0 Å². The Morgan fingerprint density at radius 1 is 1.05 bits per heavy atom. The summed E-state index contributed by atoms with van der Waals surface area (Å²) in [6.45, 7) is 1.97. The Bertz CT molecular complexity index is 756. The molecule has 0 bridgehead atoms. The molecule has 0 unspecified atom stereocenters. The van der Waals surface area contributed by atoms with Crippen LogP contribution in [-0.4, -0.2) is 14.4 Å². The van der Waals surface area contributed by atoms with Gasteiger partial charge in [-0.3, -0.25) is 0 Å². The van der Waals surface area contributed by atoms with Crippen molar-refractivity contribution in [1.29, 1.82) is 0 Å². The number of hydrogen-bond acceptors (Lipinski definition) is 3. The highest BCUT2D eigenvalue weighted by Gasteiger charge is 2.17. The molecule has 7 heteroatoms. The Labute approximate surface area is 134 Å². The van der Waals surface area contributed by atoms with Crippen molar-refractivity contribution >= 4 is 33.3 Å². The van der Waals surface area contributed by atoms with Gasteiger partial charge in [0.05, 0.1) is 4.90 Å². The summed E-state index contributed by atoms with van der Waals surface area (Å²) in [4.78, 5) is 11.8. The standard InChI is InChI=1S/C15H15ClN2O3S/c1-2-11-3-9-14(10-4-11)22(20,21)18-15(19)17-13-7-5-12(16)6-8-13/h3-10H,2H2,1H3,(H2,17,18,19). The van der Waals surface area contributed by atoms with Crippen LogP contribution >= 0.6 is 11.6 Å². The largest absolute Gasteiger partial charge is 0.333 e. The number of carbonyl (C=O) groups is 1. The number of nitrogens with one attached hydrogen (secondary N) is 2. The van der Waals surface area contributed by atoms with E-state index in [-0.39, 0.29) is 4.90 Å². The van der Waals surface area contributed by atoms with Crippen molar-refractivity contribution in [1.82, 2.24) is 4.72 Å². The molecule has 0 saturated heterocycles. The molecule has 2 N–H and O–H groups in total. The fourth-order valence-electron chi connectivity index (χ4n) is 1.78. The zero-order valence-electron chi connectivity index (χ0n) is 11.8. The molecular weight excluding hydrogens is 324 g/mol. The number of hydrogen-bond donors (Lipinski definition) is 2. The summed E-state index contributed by atoms with van der Waals surface area (Å²) in [7, 11) is -3.90. The first-order chi connectivity index (χ1) is 10.4. The predicted octanol–water partition coefficient (Wildman–Crippen LogP) is 3.41. The number of amides is 2. The molecular formula is C15H15ClN2O3S. The summed E-state index contributed by atoms with van der Waals surface area (Å²) >= 11 is 5.74. The number of aryl methyl sites for hydroxylation is 1. The molecule has 0 radical (unpaired) electrons. The SMILES string of the molecule is CCc1ccc(S(=O)(=O)NC(=O)Nc2ccc(Cl)cc2)cc1. The Kier molecular flexibility index (Phi) is 5.05. The molecule has 5 nitrogen and oxygen atoms in total. The monoisotopic (exact) mass is 338 g/mol. The Morgan fingerprint density at radius 2 is 1.64 bits per heavy atom. The van der Waals surface area contributed by atoms with Crippen molar-refractivity contribution < 1.29 is 13.2 Å². The molecule has 2 aromatic carbocycles. The van der Waals surface area contributed by atoms with Crippen LogP contribution in [0, 0.1) is 0 Å². The minimum absolute atomic E-state index is 0.0379. The van der Waals surface area contributed by atoms with E-state index in [0.29, 0.717) is 10.7 Å². The Balaban J connectivity index is 2.07. The maximum Gasteiger partial charge on any atom is 0.333 e. The quantitative estimate of drug-likeness (QED) is 0.897. The molecule has 116 valence electrons. The maximum atomic E-state index is 12.1. The summed E-state index contributed by atoms with van der Waals surface area (Å²) in [5.41, 5.74) is 1.46. The van der Waals surface area contributed by atoms with Gasteiger partial charge in [-0.15, -0.1) is 0 Å². The summed E-state index contributed by atoms with van der Waals surface area (Å²) in [6.07, 6.45) is 0.810. The maximum absolute atomic E-state index is 12.1. The topological polar surface area (TPSA) is 75.3 Å². The van der Waals surface area contributed by atoms with Crippen molar-refractivity contribution in [2.24, 2.45) is 0 Å². The fourth-order valence-corrected chi connectivity index (χ4v) is 2.81. The van der Waals surface area contributed by atoms with Crippen molar-refractivity contribution in [3.63, 3.8) is 0 Å². The number of halogens is 1. The fraction of sp³-hybridized carbons (Fsp3) is 0.133. The molecule has 0 saturated carbocycles. The van der Waals surface area contributed by atoms with Gasteiger partial charge < -0.3 is 5.32 Å². The van der Waals surface area contributed by atoms with Crippen LogP contribution in [0.15, 0.2) is 53.4 Å². The lowest BCUT2D eigenvalue weighted by atomic mass is 10.2. The van der Waals surface area contributed by atoms with Crippen LogP contribution in [0.1, 0.15) is 12.5 Å². The van der Waals surface area contributed by atoms with Gasteiger partial charge in [0.15, 0.2) is 0 Å². The van der Waals surface area contributed by atoms with E-state index in [4.69, 9.17) is 11.6 Å². The molecule has 0 aromatic heterocycles. The lowest BCUT2D eigenvalue weighted by Gasteiger charge is -2.09. The molecule has 0 aliphatic carbocycles. The third-order valence-electron chi connectivity index (χ3n) is 2.97. The van der Waals surface area contributed by atoms with E-state index in [1.54, 1.807) is 36.4 Å². The van der Waals surface area contributed by atoms with E-state index < -0.39 is 16.1 Å². The van der Waals surface area contributed by atoms with Gasteiger partial charge in [0.1, 0.15) is 0 Å². The molecule has 0 fully saturated rings. The Hall–Kier alpha value is -2.05. The van der Waals surface area contributed by atoms with E-state index in [1.807, 2.05) is 11.6 Å². The average molecular weight is 339 g/mol. The molecule has 0 atom stereocenters. The third kappa shape index (κ3) is 4.22. The predicted molar refractivity (Wildman–Crippen MR) is 86.6 cm³/mol. The van der Waals surface area contributed by atoms with E-state index in [9.17, 15) is 13.2 Å². The van der Waals surface area contributed by atoms with Crippen molar-refractivity contribution in [3.8, 4) is 0 Å². The minimum Gasteiger partial charge on any atom is -0.307 e. The van der Waals surface area contributed by atoms with Gasteiger partial charge in [-0.1, -0.05) is 30.7 Å². The van der Waals surface area contributed by atoms with Crippen molar-refractivity contribution in [2.45, 2.75) is 18.2 Å². The lowest BCUT2D eigenvalue weighted by Crippen LogP contribution is -2.34. The number of carbonyl (C=O) groups excluding carboxylic acids is 1. The van der Waals surface area contributed by atoms with E-state index in [0.717, 1.165) is 12.0 Å². The molecule has 2 rings (SSSR count). The minimum atomic E-state index is -3.90. The summed E-state index contributed by atoms with van der Waals surface area (Å²) in [5, 5.41) is 2.95. The second-order valence-electron chi connectivity index (χ2n) is 4.56. The number of sulfonamides is 1. The molecule has 2 aromatic rings. The molecule has 2 amide bonds. The van der Waals surface area contributed by atoms with E-state index in [2.05, 4.69) is 5.32 Å². The molecule has 0 heterocycles. The highest BCUT2D eigenvalue weighted by molar-refractivity contribution is 7.90. The smallest absolute Gasteiger partial charge is 0.307 e. The first-order valence-electron chi connectivity index (χ1n) is 6.59. The van der Waals surface area contributed by atoms with Crippen LogP contribution in [0.5, 0.6) is 0 Å². The van der Waals surface area contributed by atoms with Gasteiger partial charge in [-0.05, 0) is 48.4 Å². The Morgan fingerprint density at radius 3 is 2.18 bits per heavy atom. The van der Waals surface area contributed by atoms with Gasteiger partial charge in [-0.25, -0.2) is 17.9 Å². The highest BCUT2D eigenvalue weighted by Crippen LogP contribution is 2.14. The second kappa shape index (κ2) is 6.81. The van der Waals surface area contributed by atoms with Crippen LogP contribution in [0.2, 0.25) is 5.02 Å². The van der Waals surface area contributed by atoms with Gasteiger partial charge >= 0.3 is 6.03 Å². The molecule has 0 spiro atoms. The van der Waals surface area contributed by atoms with Crippen LogP contribution in [0.4, 0.5) is 10.5 Å². The highest BCUT2D eigenvalue weighted by atomic mass is 35.5. The summed E-state index contributed by atoms with van der Waals surface area (Å²) in [5.74, 6) is 0. The van der Waals surface area contributed by atoms with Crippen LogP contribution in [0.25, 0.3) is 0 Å². The van der Waals surface area contributed by atoms with Crippen LogP contribution in [0.3, 0.4) is 0 Å². The second-order valence-corrected chi connectivity index (χ2v) is 6.68. The third-order valence-corrected chi connectivity index (χ3v) is 4.57. The van der Waals surface area contributed by atoms with Gasteiger partial charge in [0.2, 0.25) is 0 Å². The zero-order chi connectivity index (χ0) is 16.2. The number of rotatable bonds is 4. The lowest BCUT2D eigenvalue weighted by molar-refractivity contribution is 0.256. The summed E-state index contributed by atoms with van der Waals surface area (Å²) in [6, 6.07) is 11.9. The normalized spacial score (nSPS) is 11.0. The zero-order valence-corrected chi connectivity index (χ0v) is 13.4. The van der Waals surface area contributed by atoms with Gasteiger partial charge in [0.25, 0.3) is 10.0 Å². The van der Waals surface area contributed by atoms with Gasteiger partial charge in [-0.2, -0.15) is 0 Å². The van der Waals surface area contributed by atoms with Crippen molar-refractivity contribution in [2.75, 3.05) is 5.32 Å². The van der Waals surface area contributed by atoms with Crippen molar-refractivity contribution in [3.05, 3.63) is 59.1 Å². The molecule has 22 heavy (non-hydrogen) atoms. The summed E-state index contributed by atoms with van der Waals surface area (Å²) < 4.78 is 26.1. The first kappa shape index (κ1) is 16.3. The average Bonchev–Trinajstić information content (AvgIpc) is 2.49. The molecule has 0 aliphatic rings. The van der Waals surface area contributed by atoms with Gasteiger partial charge in [0, 0.05) is 10.7 Å². The number of benzene rings is 2.